The van der Waals surface area contributed by atoms with Crippen molar-refractivity contribution < 1.29 is 4.74 Å². The summed E-state index contributed by atoms with van der Waals surface area (Å²) >= 11 is 5.30. The van der Waals surface area contributed by atoms with Gasteiger partial charge in [-0.25, -0.2) is 0 Å². The van der Waals surface area contributed by atoms with E-state index in [1.165, 1.54) is 5.56 Å². The lowest BCUT2D eigenvalue weighted by molar-refractivity contribution is 0.336. The summed E-state index contributed by atoms with van der Waals surface area (Å²) in [5, 5.41) is 9.00. The number of hydrazine groups is 1. The molecule has 0 aliphatic carbocycles. The predicted molar refractivity (Wildman–Crippen MR) is 92.8 cm³/mol. The van der Waals surface area contributed by atoms with Gasteiger partial charge in [0.25, 0.3) is 0 Å². The molecular weight excluding hydrogens is 296 g/mol. The molecule has 0 fully saturated rings. The molecule has 5 nitrogen and oxygen atoms in total. The molecule has 0 unspecified atom stereocenters. The Morgan fingerprint density at radius 3 is 2.86 bits per heavy atom. The number of fused-ring (bicyclic) bond motifs is 1. The Hall–Kier alpha value is -2.31. The second kappa shape index (κ2) is 6.64. The normalized spacial score (nSPS) is 13.1. The molecule has 22 heavy (non-hydrogen) atoms. The van der Waals surface area contributed by atoms with Gasteiger partial charge in [-0.15, -0.1) is 0 Å². The van der Waals surface area contributed by atoms with Crippen LogP contribution in [-0.2, 0) is 6.54 Å². The summed E-state index contributed by atoms with van der Waals surface area (Å²) in [7, 11) is 1.68. The van der Waals surface area contributed by atoms with E-state index >= 15 is 0 Å². The maximum absolute atomic E-state index is 5.30. The molecule has 6 heteroatoms. The van der Waals surface area contributed by atoms with Crippen LogP contribution in [0, 0.1) is 0 Å². The van der Waals surface area contributed by atoms with Crippen LogP contribution in [0.15, 0.2) is 48.5 Å². The highest BCUT2D eigenvalue weighted by molar-refractivity contribution is 7.80. The molecular formula is C16H18N4OS. The fourth-order valence-electron chi connectivity index (χ4n) is 2.31. The largest absolute Gasteiger partial charge is 0.497 e. The summed E-state index contributed by atoms with van der Waals surface area (Å²) in [4.78, 5) is 0. The summed E-state index contributed by atoms with van der Waals surface area (Å²) in [5.41, 5.74) is 6.62. The smallest absolute Gasteiger partial charge is 0.171 e. The van der Waals surface area contributed by atoms with Gasteiger partial charge in [-0.1, -0.05) is 18.2 Å². The summed E-state index contributed by atoms with van der Waals surface area (Å²) in [6.45, 7) is 1.41. The second-order valence-electron chi connectivity index (χ2n) is 4.99. The van der Waals surface area contributed by atoms with Gasteiger partial charge in [-0.05, 0) is 48.1 Å². The zero-order valence-corrected chi connectivity index (χ0v) is 13.1. The lowest BCUT2D eigenvalue weighted by Gasteiger charge is -2.18. The van der Waals surface area contributed by atoms with E-state index in [-0.39, 0.29) is 0 Å². The van der Waals surface area contributed by atoms with Crippen molar-refractivity contribution in [2.24, 2.45) is 0 Å². The molecule has 0 bridgehead atoms. The van der Waals surface area contributed by atoms with Crippen LogP contribution in [0.3, 0.4) is 0 Å². The number of hydrogen-bond donors (Lipinski definition) is 3. The predicted octanol–water partition coefficient (Wildman–Crippen LogP) is 2.78. The summed E-state index contributed by atoms with van der Waals surface area (Å²) in [5.74, 6) is 0.872. The number of methoxy groups -OCH3 is 1. The van der Waals surface area contributed by atoms with Crippen LogP contribution >= 0.6 is 12.2 Å². The van der Waals surface area contributed by atoms with Crippen LogP contribution in [0.5, 0.6) is 5.75 Å². The third-order valence-electron chi connectivity index (χ3n) is 3.41. The molecule has 0 saturated heterocycles. The van der Waals surface area contributed by atoms with Crippen LogP contribution in [0.25, 0.3) is 0 Å². The minimum atomic E-state index is 0.599. The van der Waals surface area contributed by atoms with Gasteiger partial charge >= 0.3 is 0 Å². The zero-order valence-electron chi connectivity index (χ0n) is 12.3. The zero-order chi connectivity index (χ0) is 15.4. The fraction of sp³-hybridized carbons (Fsp3) is 0.188. The number of anilines is 2. The first-order valence-electron chi connectivity index (χ1n) is 7.03. The molecule has 1 heterocycles. The molecule has 2 aromatic carbocycles. The first-order chi connectivity index (χ1) is 10.7. The summed E-state index contributed by atoms with van der Waals surface area (Å²) in [6.07, 6.45) is 0. The van der Waals surface area contributed by atoms with Crippen molar-refractivity contribution in [1.29, 1.82) is 0 Å². The fourth-order valence-corrected chi connectivity index (χ4v) is 2.49. The van der Waals surface area contributed by atoms with Crippen LogP contribution in [0.2, 0.25) is 0 Å². The minimum Gasteiger partial charge on any atom is -0.497 e. The topological polar surface area (TPSA) is 48.6 Å². The Kier molecular flexibility index (Phi) is 4.41. The van der Waals surface area contributed by atoms with Gasteiger partial charge in [0.1, 0.15) is 5.75 Å². The lowest BCUT2D eigenvalue weighted by Crippen LogP contribution is -2.39. The number of benzene rings is 2. The van der Waals surface area contributed by atoms with Crippen LogP contribution in [0.1, 0.15) is 5.56 Å². The molecule has 3 N–H and O–H groups in total. The highest BCUT2D eigenvalue weighted by Gasteiger charge is 2.18. The van der Waals surface area contributed by atoms with Gasteiger partial charge in [0, 0.05) is 12.2 Å². The van der Waals surface area contributed by atoms with Crippen molar-refractivity contribution in [3.8, 4) is 5.75 Å². The van der Waals surface area contributed by atoms with E-state index in [9.17, 15) is 0 Å². The molecule has 0 spiro atoms. The van der Waals surface area contributed by atoms with Crippen molar-refractivity contribution in [2.75, 3.05) is 24.5 Å². The SMILES string of the molecule is COc1ccc2c(c1)CN(CNC(=S)Nc1ccccc1)N2. The number of hydrogen-bond acceptors (Lipinski definition) is 4. The average Bonchev–Trinajstić information content (AvgIpc) is 2.95. The van der Waals surface area contributed by atoms with E-state index < -0.39 is 0 Å². The Labute approximate surface area is 135 Å². The van der Waals surface area contributed by atoms with E-state index in [0.29, 0.717) is 11.8 Å². The van der Waals surface area contributed by atoms with Gasteiger partial charge in [-0.2, -0.15) is 5.01 Å². The monoisotopic (exact) mass is 314 g/mol. The lowest BCUT2D eigenvalue weighted by atomic mass is 10.2. The first-order valence-corrected chi connectivity index (χ1v) is 7.44. The highest BCUT2D eigenvalue weighted by Crippen LogP contribution is 2.28. The molecule has 0 radical (unpaired) electrons. The molecule has 0 aromatic heterocycles. The number of nitrogens with zero attached hydrogens (tertiary/aromatic N) is 1. The van der Waals surface area contributed by atoms with Gasteiger partial charge in [-0.3, -0.25) is 0 Å². The summed E-state index contributed by atoms with van der Waals surface area (Å²) < 4.78 is 5.25. The third kappa shape index (κ3) is 3.47. The van der Waals surface area contributed by atoms with Crippen LogP contribution in [0.4, 0.5) is 11.4 Å². The van der Waals surface area contributed by atoms with Crippen LogP contribution < -0.4 is 20.8 Å². The number of ether oxygens (including phenoxy) is 1. The van der Waals surface area contributed by atoms with E-state index in [1.807, 2.05) is 48.5 Å². The van der Waals surface area contributed by atoms with E-state index in [0.717, 1.165) is 23.7 Å². The third-order valence-corrected chi connectivity index (χ3v) is 3.66. The van der Waals surface area contributed by atoms with E-state index in [1.54, 1.807) is 7.11 Å². The van der Waals surface area contributed by atoms with Gasteiger partial charge < -0.3 is 20.8 Å². The molecule has 0 atom stereocenters. The molecule has 1 aliphatic rings. The van der Waals surface area contributed by atoms with Crippen molar-refractivity contribution in [1.82, 2.24) is 10.3 Å². The van der Waals surface area contributed by atoms with Crippen LogP contribution in [-0.4, -0.2) is 23.9 Å². The van der Waals surface area contributed by atoms with Crippen molar-refractivity contribution in [3.05, 3.63) is 54.1 Å². The highest BCUT2D eigenvalue weighted by atomic mass is 32.1. The Morgan fingerprint density at radius 2 is 2.09 bits per heavy atom. The number of nitrogens with one attached hydrogen (secondary N) is 3. The van der Waals surface area contributed by atoms with E-state index in [2.05, 4.69) is 21.1 Å². The van der Waals surface area contributed by atoms with Crippen molar-refractivity contribution >= 4 is 28.7 Å². The van der Waals surface area contributed by atoms with E-state index in [4.69, 9.17) is 17.0 Å². The standard InChI is InChI=1S/C16H18N4OS/c1-21-14-7-8-15-12(9-14)10-20(19-15)11-17-16(22)18-13-5-3-2-4-6-13/h2-9,19H,10-11H2,1H3,(H2,17,18,22). The van der Waals surface area contributed by atoms with Gasteiger partial charge in [0.2, 0.25) is 0 Å². The van der Waals surface area contributed by atoms with Gasteiger partial charge in [0.05, 0.1) is 19.5 Å². The first kappa shape index (κ1) is 14.6. The maximum Gasteiger partial charge on any atom is 0.171 e. The number of para-hydroxylation sites is 1. The minimum absolute atomic E-state index is 0.599. The molecule has 114 valence electrons. The summed E-state index contributed by atoms with van der Waals surface area (Å²) in [6, 6.07) is 15.9. The number of thiocarbonyl (C=S) groups is 1. The average molecular weight is 314 g/mol. The van der Waals surface area contributed by atoms with Crippen molar-refractivity contribution in [3.63, 3.8) is 0 Å². The molecule has 0 saturated carbocycles. The quantitative estimate of drug-likeness (QED) is 0.755. The Bertz CT molecular complexity index is 662. The van der Waals surface area contributed by atoms with Crippen molar-refractivity contribution in [2.45, 2.75) is 6.54 Å². The molecule has 2 aromatic rings. The molecule has 3 rings (SSSR count). The second-order valence-corrected chi connectivity index (χ2v) is 5.40. The number of rotatable bonds is 4. The Morgan fingerprint density at radius 1 is 1.27 bits per heavy atom. The Balaban J connectivity index is 1.50. The molecule has 1 aliphatic heterocycles. The maximum atomic E-state index is 5.30. The molecule has 0 amide bonds. The van der Waals surface area contributed by atoms with Gasteiger partial charge in [0.15, 0.2) is 5.11 Å².